The maximum atomic E-state index is 10.6. The molecule has 0 radical (unpaired) electrons. The summed E-state index contributed by atoms with van der Waals surface area (Å²) in [5.41, 5.74) is 1.04. The second kappa shape index (κ2) is 10.6. The minimum absolute atomic E-state index is 0. The SMILES string of the molecule is [CH2-]/C(C#N)=C\NCC(=N)C1CCC2C3CCC4C[C@](C)(O)CCC4C3CCC12C.[CH3-].[K+]. The number of fused-ring (bicyclic) bond motifs is 5. The van der Waals surface area contributed by atoms with Crippen molar-refractivity contribution >= 4 is 5.71 Å². The van der Waals surface area contributed by atoms with Crippen LogP contribution in [0.15, 0.2) is 11.8 Å². The van der Waals surface area contributed by atoms with Crippen LogP contribution in [-0.4, -0.2) is 23.0 Å². The Morgan fingerprint density at radius 2 is 1.84 bits per heavy atom. The first-order chi connectivity index (χ1) is 13.7. The third-order valence-electron chi connectivity index (χ3n) is 9.37. The maximum Gasteiger partial charge on any atom is 1.00 e. The molecule has 0 heterocycles. The molecule has 4 rings (SSSR count). The fraction of sp³-hybridized carbons (Fsp3) is 0.769. The maximum absolute atomic E-state index is 10.6. The molecule has 0 aromatic rings. The van der Waals surface area contributed by atoms with E-state index in [1.165, 1.54) is 38.5 Å². The van der Waals surface area contributed by atoms with Crippen molar-refractivity contribution in [1.82, 2.24) is 5.32 Å². The summed E-state index contributed by atoms with van der Waals surface area (Å²) in [6.07, 6.45) is 12.4. The van der Waals surface area contributed by atoms with E-state index in [9.17, 15) is 5.11 Å². The molecule has 0 saturated heterocycles. The molecule has 4 fully saturated rings. The van der Waals surface area contributed by atoms with Crippen LogP contribution in [0.2, 0.25) is 0 Å². The van der Waals surface area contributed by atoms with Gasteiger partial charge in [0.2, 0.25) is 0 Å². The topological polar surface area (TPSA) is 79.9 Å². The first kappa shape index (κ1) is 27.4. The van der Waals surface area contributed by atoms with E-state index in [1.54, 1.807) is 6.20 Å². The third kappa shape index (κ3) is 5.30. The molecule has 8 atom stereocenters. The van der Waals surface area contributed by atoms with Crippen LogP contribution in [0.3, 0.4) is 0 Å². The number of rotatable bonds is 4. The summed E-state index contributed by atoms with van der Waals surface area (Å²) in [7, 11) is 0. The van der Waals surface area contributed by atoms with Crippen LogP contribution >= 0.6 is 0 Å². The third-order valence-corrected chi connectivity index (χ3v) is 9.37. The fourth-order valence-corrected chi connectivity index (χ4v) is 8.09. The molecule has 0 aromatic carbocycles. The van der Waals surface area contributed by atoms with Crippen molar-refractivity contribution in [1.29, 1.82) is 10.7 Å². The van der Waals surface area contributed by atoms with Crippen molar-refractivity contribution in [2.45, 2.75) is 77.2 Å². The van der Waals surface area contributed by atoms with Crippen LogP contribution in [0.5, 0.6) is 0 Å². The molecule has 3 N–H and O–H groups in total. The van der Waals surface area contributed by atoms with Gasteiger partial charge in [0.1, 0.15) is 0 Å². The Balaban J connectivity index is 0.00000171. The second-order valence-electron chi connectivity index (χ2n) is 11.0. The van der Waals surface area contributed by atoms with E-state index in [0.29, 0.717) is 18.0 Å². The Morgan fingerprint density at radius 1 is 1.13 bits per heavy atom. The number of nitrogens with zero attached hydrogens (tertiary/aromatic N) is 1. The van der Waals surface area contributed by atoms with E-state index in [0.717, 1.165) is 54.6 Å². The van der Waals surface area contributed by atoms with E-state index in [2.05, 4.69) is 19.2 Å². The summed E-state index contributed by atoms with van der Waals surface area (Å²) in [5, 5.41) is 31.3. The van der Waals surface area contributed by atoms with Gasteiger partial charge in [-0.25, -0.2) is 0 Å². The van der Waals surface area contributed by atoms with E-state index in [-0.39, 0.29) is 64.2 Å². The summed E-state index contributed by atoms with van der Waals surface area (Å²) < 4.78 is 0. The number of nitrogens with one attached hydrogen (secondary N) is 2. The molecule has 4 nitrogen and oxygen atoms in total. The number of aliphatic hydroxyl groups is 1. The standard InChI is InChI=1S/C25H38N3O.CH3.K/c1-16(13-26)14-28-15-23(27)22-7-6-21-20-5-4-17-12-24(2,29)10-8-18(17)19(20)9-11-25(21,22)3;;/h14,17-22,27-29H,1,4-12,15H2,2-3H3;1H3;/q2*-1;+1/b16-14+,27-23?;;/t17?,18?,19?,20?,21?,22?,24-,25?;;/m1../s1. The molecule has 4 aliphatic rings. The molecule has 5 heteroatoms. The van der Waals surface area contributed by atoms with Crippen molar-refractivity contribution in [3.8, 4) is 6.07 Å². The van der Waals surface area contributed by atoms with Crippen LogP contribution < -0.4 is 56.7 Å². The predicted molar refractivity (Wildman–Crippen MR) is 122 cm³/mol. The predicted octanol–water partition coefficient (Wildman–Crippen LogP) is 2.31. The monoisotopic (exact) mass is 450 g/mol. The summed E-state index contributed by atoms with van der Waals surface area (Å²) in [6, 6.07) is 2.02. The summed E-state index contributed by atoms with van der Waals surface area (Å²) >= 11 is 0. The molecule has 0 spiro atoms. The van der Waals surface area contributed by atoms with Crippen LogP contribution in [0, 0.1) is 72.0 Å². The Morgan fingerprint density at radius 3 is 2.55 bits per heavy atom. The molecule has 31 heavy (non-hydrogen) atoms. The van der Waals surface area contributed by atoms with Crippen LogP contribution in [0.25, 0.3) is 0 Å². The van der Waals surface area contributed by atoms with Crippen molar-refractivity contribution in [2.75, 3.05) is 6.54 Å². The van der Waals surface area contributed by atoms with Gasteiger partial charge in [-0.3, -0.25) is 5.26 Å². The molecule has 168 valence electrons. The summed E-state index contributed by atoms with van der Waals surface area (Å²) in [5.74, 6) is 4.36. The first-order valence-electron chi connectivity index (χ1n) is 11.7. The average Bonchev–Trinajstić information content (AvgIpc) is 3.03. The van der Waals surface area contributed by atoms with Gasteiger partial charge in [-0.05, 0) is 99.7 Å². The number of hydrogen-bond acceptors (Lipinski definition) is 4. The minimum atomic E-state index is -0.439. The van der Waals surface area contributed by atoms with Crippen LogP contribution in [0.4, 0.5) is 0 Å². The number of allylic oxidation sites excluding steroid dienone is 1. The van der Waals surface area contributed by atoms with Gasteiger partial charge in [0.25, 0.3) is 0 Å². The average molecular weight is 451 g/mol. The van der Waals surface area contributed by atoms with Gasteiger partial charge < -0.3 is 23.3 Å². The Kier molecular flexibility index (Phi) is 9.39. The Labute approximate surface area is 233 Å². The van der Waals surface area contributed by atoms with Gasteiger partial charge in [-0.1, -0.05) is 19.2 Å². The van der Waals surface area contributed by atoms with Crippen molar-refractivity contribution < 1.29 is 56.5 Å². The smallest absolute Gasteiger partial charge is 0.437 e. The van der Waals surface area contributed by atoms with E-state index in [4.69, 9.17) is 10.7 Å². The minimum Gasteiger partial charge on any atom is -0.437 e. The van der Waals surface area contributed by atoms with Gasteiger partial charge in [-0.2, -0.15) is 6.92 Å². The van der Waals surface area contributed by atoms with E-state index < -0.39 is 5.60 Å². The van der Waals surface area contributed by atoms with Gasteiger partial charge in [0.05, 0.1) is 5.60 Å². The zero-order valence-electron chi connectivity index (χ0n) is 20.2. The summed E-state index contributed by atoms with van der Waals surface area (Å²) in [4.78, 5) is 0. The van der Waals surface area contributed by atoms with Gasteiger partial charge in [0.15, 0.2) is 0 Å². The number of hydrogen-bond donors (Lipinski definition) is 3. The molecule has 0 amide bonds. The Bertz CT molecular complexity index is 727. The zero-order valence-corrected chi connectivity index (χ0v) is 23.3. The normalized spacial score (nSPS) is 43.7. The molecule has 0 aliphatic heterocycles. The zero-order chi connectivity index (χ0) is 20.8. The molecule has 7 unspecified atom stereocenters. The second-order valence-corrected chi connectivity index (χ2v) is 11.0. The van der Waals surface area contributed by atoms with Gasteiger partial charge in [0, 0.05) is 18.2 Å². The van der Waals surface area contributed by atoms with Crippen molar-refractivity contribution in [3.63, 3.8) is 0 Å². The molecular weight excluding hydrogens is 409 g/mol. The number of nitriles is 1. The van der Waals surface area contributed by atoms with Crippen LogP contribution in [0.1, 0.15) is 71.6 Å². The van der Waals surface area contributed by atoms with Gasteiger partial charge in [-0.15, -0.1) is 5.57 Å². The first-order valence-corrected chi connectivity index (χ1v) is 11.7. The van der Waals surface area contributed by atoms with E-state index >= 15 is 0 Å². The quantitative estimate of drug-likeness (QED) is 0.266. The van der Waals surface area contributed by atoms with Crippen molar-refractivity contribution in [3.05, 3.63) is 26.1 Å². The van der Waals surface area contributed by atoms with Gasteiger partial charge >= 0.3 is 51.4 Å². The molecular formula is C26H41KN3O-. The molecule has 0 bridgehead atoms. The molecule has 0 aromatic heterocycles. The van der Waals surface area contributed by atoms with E-state index in [1.807, 2.05) is 13.0 Å². The molecule has 4 saturated carbocycles. The summed E-state index contributed by atoms with van der Waals surface area (Å²) in [6.45, 7) is 8.71. The van der Waals surface area contributed by atoms with Crippen molar-refractivity contribution in [2.24, 2.45) is 40.9 Å². The molecule has 4 aliphatic carbocycles. The Hall–Kier alpha value is 0.166. The largest absolute Gasteiger partial charge is 1.00 e. The fourth-order valence-electron chi connectivity index (χ4n) is 8.09. The van der Waals surface area contributed by atoms with Crippen LogP contribution in [-0.2, 0) is 0 Å².